The van der Waals surface area contributed by atoms with E-state index >= 15 is 0 Å². The van der Waals surface area contributed by atoms with Gasteiger partial charge >= 0.3 is 0 Å². The Labute approximate surface area is 171 Å². The molecule has 2 amide bonds. The van der Waals surface area contributed by atoms with Gasteiger partial charge in [0.1, 0.15) is 5.75 Å². The number of thioether (sulfide) groups is 1. The molecule has 0 spiro atoms. The van der Waals surface area contributed by atoms with E-state index in [0.29, 0.717) is 16.5 Å². The molecule has 2 aromatic carbocycles. The average Bonchev–Trinajstić information content (AvgIpc) is 3.11. The van der Waals surface area contributed by atoms with E-state index in [0.717, 1.165) is 16.9 Å². The fraction of sp³-hybridized carbons (Fsp3) is 0.158. The number of rotatable bonds is 8. The summed E-state index contributed by atoms with van der Waals surface area (Å²) in [5, 5.41) is 11.3. The number of hydrogen-bond acceptors (Lipinski definition) is 7. The molecular formula is C19H20N6O3S. The predicted octanol–water partition coefficient (Wildman–Crippen LogP) is 1.17. The Morgan fingerprint density at radius 2 is 1.93 bits per heavy atom. The van der Waals surface area contributed by atoms with E-state index in [9.17, 15) is 9.59 Å². The molecule has 0 aliphatic rings. The predicted molar refractivity (Wildman–Crippen MR) is 110 cm³/mol. The van der Waals surface area contributed by atoms with Gasteiger partial charge < -0.3 is 21.6 Å². The van der Waals surface area contributed by atoms with E-state index in [1.807, 2.05) is 12.1 Å². The summed E-state index contributed by atoms with van der Waals surface area (Å²) < 4.78 is 6.48. The molecule has 0 atom stereocenters. The van der Waals surface area contributed by atoms with Gasteiger partial charge in [-0.25, -0.2) is 4.68 Å². The van der Waals surface area contributed by atoms with Crippen LogP contribution in [0.3, 0.4) is 0 Å². The molecule has 0 aliphatic carbocycles. The maximum Gasteiger partial charge on any atom is 0.248 e. The van der Waals surface area contributed by atoms with Crippen molar-refractivity contribution in [2.45, 2.75) is 11.7 Å². The second-order valence-corrected chi connectivity index (χ2v) is 6.98. The number of hydrogen-bond donors (Lipinski definition) is 3. The molecule has 3 rings (SSSR count). The monoisotopic (exact) mass is 412 g/mol. The summed E-state index contributed by atoms with van der Waals surface area (Å²) in [7, 11) is 1.59. The molecule has 150 valence electrons. The standard InChI is InChI=1S/C19H20N6O3S/c1-28-15-7-5-13(6-8-15)18-23-24-19(25(18)21)29-11-16(26)22-10-12-3-2-4-14(9-12)17(20)27/h2-9H,10-11,21H2,1H3,(H2,20,27)(H,22,26). The van der Waals surface area contributed by atoms with Crippen LogP contribution in [0.2, 0.25) is 0 Å². The molecule has 1 heterocycles. The number of primary amides is 1. The summed E-state index contributed by atoms with van der Waals surface area (Å²) in [6.45, 7) is 0.285. The van der Waals surface area contributed by atoms with E-state index in [2.05, 4.69) is 15.5 Å². The molecule has 0 saturated carbocycles. The Bertz CT molecular complexity index is 1020. The normalized spacial score (nSPS) is 10.5. The van der Waals surface area contributed by atoms with Crippen molar-refractivity contribution < 1.29 is 14.3 Å². The maximum absolute atomic E-state index is 12.1. The number of nitrogens with two attached hydrogens (primary N) is 2. The van der Waals surface area contributed by atoms with Crippen LogP contribution in [0.1, 0.15) is 15.9 Å². The topological polar surface area (TPSA) is 138 Å². The molecule has 0 aliphatic heterocycles. The number of carbonyl (C=O) groups is 2. The van der Waals surface area contributed by atoms with E-state index in [-0.39, 0.29) is 18.2 Å². The van der Waals surface area contributed by atoms with Gasteiger partial charge in [-0.1, -0.05) is 23.9 Å². The van der Waals surface area contributed by atoms with Gasteiger partial charge in [0.25, 0.3) is 0 Å². The summed E-state index contributed by atoms with van der Waals surface area (Å²) in [4.78, 5) is 23.3. The average molecular weight is 412 g/mol. The number of nitrogens with zero attached hydrogens (tertiary/aromatic N) is 3. The van der Waals surface area contributed by atoms with Gasteiger partial charge in [0.2, 0.25) is 17.0 Å². The summed E-state index contributed by atoms with van der Waals surface area (Å²) in [5.41, 5.74) is 7.22. The molecule has 5 N–H and O–H groups in total. The third kappa shape index (κ3) is 5.05. The van der Waals surface area contributed by atoms with Gasteiger partial charge in [0, 0.05) is 17.7 Å². The maximum atomic E-state index is 12.1. The van der Waals surface area contributed by atoms with Crippen molar-refractivity contribution in [2.75, 3.05) is 18.7 Å². The number of ether oxygens (including phenoxy) is 1. The van der Waals surface area contributed by atoms with Crippen LogP contribution in [0, 0.1) is 0 Å². The minimum atomic E-state index is -0.510. The van der Waals surface area contributed by atoms with Crippen molar-refractivity contribution in [2.24, 2.45) is 5.73 Å². The van der Waals surface area contributed by atoms with Crippen LogP contribution in [0.25, 0.3) is 11.4 Å². The highest BCUT2D eigenvalue weighted by Gasteiger charge is 2.14. The number of methoxy groups -OCH3 is 1. The minimum absolute atomic E-state index is 0.119. The van der Waals surface area contributed by atoms with Crippen LogP contribution in [0.5, 0.6) is 5.75 Å². The molecule has 3 aromatic rings. The van der Waals surface area contributed by atoms with Gasteiger partial charge in [-0.3, -0.25) is 9.59 Å². The van der Waals surface area contributed by atoms with E-state index in [1.165, 1.54) is 16.4 Å². The Kier molecular flexibility index (Phi) is 6.35. The van der Waals surface area contributed by atoms with Gasteiger partial charge in [-0.15, -0.1) is 10.2 Å². The summed E-state index contributed by atoms with van der Waals surface area (Å²) in [6, 6.07) is 14.0. The van der Waals surface area contributed by atoms with E-state index in [4.69, 9.17) is 16.3 Å². The third-order valence-electron chi connectivity index (χ3n) is 4.05. The highest BCUT2D eigenvalue weighted by Crippen LogP contribution is 2.23. The Balaban J connectivity index is 1.56. The second-order valence-electron chi connectivity index (χ2n) is 6.03. The van der Waals surface area contributed by atoms with Crippen molar-refractivity contribution in [3.05, 3.63) is 59.7 Å². The van der Waals surface area contributed by atoms with Crippen molar-refractivity contribution in [1.82, 2.24) is 20.2 Å². The first-order chi connectivity index (χ1) is 14.0. The molecule has 0 radical (unpaired) electrons. The van der Waals surface area contributed by atoms with Gasteiger partial charge in [0.15, 0.2) is 5.82 Å². The van der Waals surface area contributed by atoms with E-state index in [1.54, 1.807) is 43.5 Å². The first-order valence-electron chi connectivity index (χ1n) is 8.61. The van der Waals surface area contributed by atoms with Crippen LogP contribution in [0.4, 0.5) is 0 Å². The second kappa shape index (κ2) is 9.11. The fourth-order valence-corrected chi connectivity index (χ4v) is 3.22. The van der Waals surface area contributed by atoms with Crippen LogP contribution in [-0.2, 0) is 11.3 Å². The van der Waals surface area contributed by atoms with Gasteiger partial charge in [-0.2, -0.15) is 0 Å². The summed E-state index contributed by atoms with van der Waals surface area (Å²) >= 11 is 1.17. The number of nitrogen functional groups attached to an aromatic ring is 1. The first-order valence-corrected chi connectivity index (χ1v) is 9.59. The zero-order valence-electron chi connectivity index (χ0n) is 15.7. The molecule has 29 heavy (non-hydrogen) atoms. The number of aromatic nitrogens is 3. The zero-order chi connectivity index (χ0) is 20.8. The Morgan fingerprint density at radius 1 is 1.17 bits per heavy atom. The highest BCUT2D eigenvalue weighted by molar-refractivity contribution is 7.99. The largest absolute Gasteiger partial charge is 0.497 e. The summed E-state index contributed by atoms with van der Waals surface area (Å²) in [6.07, 6.45) is 0. The summed E-state index contributed by atoms with van der Waals surface area (Å²) in [5.74, 6) is 6.69. The lowest BCUT2D eigenvalue weighted by Crippen LogP contribution is -2.25. The fourth-order valence-electron chi connectivity index (χ4n) is 2.53. The molecule has 0 saturated heterocycles. The smallest absolute Gasteiger partial charge is 0.248 e. The molecule has 10 heteroatoms. The molecule has 1 aromatic heterocycles. The molecule has 0 unspecified atom stereocenters. The zero-order valence-corrected chi connectivity index (χ0v) is 16.5. The number of benzene rings is 2. The highest BCUT2D eigenvalue weighted by atomic mass is 32.2. The molecule has 0 bridgehead atoms. The van der Waals surface area contributed by atoms with Crippen molar-refractivity contribution >= 4 is 23.6 Å². The Morgan fingerprint density at radius 3 is 2.62 bits per heavy atom. The lowest BCUT2D eigenvalue weighted by atomic mass is 10.1. The SMILES string of the molecule is COc1ccc(-c2nnc(SCC(=O)NCc3cccc(C(N)=O)c3)n2N)cc1. The van der Waals surface area contributed by atoms with Crippen LogP contribution in [-0.4, -0.2) is 39.6 Å². The molecule has 0 fully saturated rings. The number of carbonyl (C=O) groups excluding carboxylic acids is 2. The first kappa shape index (κ1) is 20.2. The third-order valence-corrected chi connectivity index (χ3v) is 4.99. The molecular weight excluding hydrogens is 392 g/mol. The van der Waals surface area contributed by atoms with Crippen molar-refractivity contribution in [3.63, 3.8) is 0 Å². The number of amides is 2. The van der Waals surface area contributed by atoms with Crippen LogP contribution in [0.15, 0.2) is 53.7 Å². The lowest BCUT2D eigenvalue weighted by Gasteiger charge is -2.07. The minimum Gasteiger partial charge on any atom is -0.497 e. The number of nitrogens with one attached hydrogen (secondary N) is 1. The molecule has 9 nitrogen and oxygen atoms in total. The van der Waals surface area contributed by atoms with Crippen LogP contribution < -0.4 is 21.6 Å². The Hall–Kier alpha value is -3.53. The van der Waals surface area contributed by atoms with E-state index < -0.39 is 5.91 Å². The van der Waals surface area contributed by atoms with Crippen molar-refractivity contribution in [3.8, 4) is 17.1 Å². The quantitative estimate of drug-likeness (QED) is 0.373. The van der Waals surface area contributed by atoms with Gasteiger partial charge in [0.05, 0.1) is 12.9 Å². The van der Waals surface area contributed by atoms with Gasteiger partial charge in [-0.05, 0) is 42.0 Å². The lowest BCUT2D eigenvalue weighted by molar-refractivity contribution is -0.118. The van der Waals surface area contributed by atoms with Crippen LogP contribution >= 0.6 is 11.8 Å². The van der Waals surface area contributed by atoms with Crippen molar-refractivity contribution in [1.29, 1.82) is 0 Å².